The van der Waals surface area contributed by atoms with Gasteiger partial charge in [0.15, 0.2) is 17.3 Å². The Balaban J connectivity index is 2.36. The van der Waals surface area contributed by atoms with Gasteiger partial charge in [-0.1, -0.05) is 23.8 Å². The fourth-order valence-electron chi connectivity index (χ4n) is 2.31. The third kappa shape index (κ3) is 4.56. The van der Waals surface area contributed by atoms with E-state index in [-0.39, 0.29) is 17.3 Å². The summed E-state index contributed by atoms with van der Waals surface area (Å²) in [5.74, 6) is 0.157. The minimum absolute atomic E-state index is 0.125. The van der Waals surface area contributed by atoms with E-state index in [0.717, 1.165) is 5.56 Å². The van der Waals surface area contributed by atoms with Gasteiger partial charge in [-0.25, -0.2) is 0 Å². The van der Waals surface area contributed by atoms with Gasteiger partial charge in [-0.05, 0) is 37.3 Å². The number of halogens is 2. The molecule has 0 radical (unpaired) electrons. The standard InChI is InChI=1S/C19H18F2O4/c1-12-7-10-16(23-2)14(11-12)15(22)9-8-13-5-4-6-17(24-3)18(13)25-19(20)21/h4-11,19H,1-3H3/b9-8+. The summed E-state index contributed by atoms with van der Waals surface area (Å²) < 4.78 is 40.0. The predicted molar refractivity (Wildman–Crippen MR) is 90.7 cm³/mol. The van der Waals surface area contributed by atoms with Crippen LogP contribution >= 0.6 is 0 Å². The number of alkyl halides is 2. The number of ether oxygens (including phenoxy) is 3. The zero-order chi connectivity index (χ0) is 18.4. The van der Waals surface area contributed by atoms with Crippen molar-refractivity contribution in [3.8, 4) is 17.2 Å². The van der Waals surface area contributed by atoms with Crippen molar-refractivity contribution in [3.05, 3.63) is 59.2 Å². The Morgan fingerprint density at radius 3 is 2.44 bits per heavy atom. The van der Waals surface area contributed by atoms with Crippen LogP contribution in [0.5, 0.6) is 17.2 Å². The highest BCUT2D eigenvalue weighted by molar-refractivity contribution is 6.08. The van der Waals surface area contributed by atoms with Gasteiger partial charge in [0.1, 0.15) is 5.75 Å². The molecule has 4 nitrogen and oxygen atoms in total. The van der Waals surface area contributed by atoms with E-state index in [1.165, 1.54) is 32.4 Å². The molecule has 6 heteroatoms. The molecule has 0 amide bonds. The average Bonchev–Trinajstić information content (AvgIpc) is 2.59. The van der Waals surface area contributed by atoms with Crippen molar-refractivity contribution in [3.63, 3.8) is 0 Å². The average molecular weight is 348 g/mol. The molecule has 0 saturated carbocycles. The maximum absolute atomic E-state index is 12.6. The van der Waals surface area contributed by atoms with Gasteiger partial charge in [0.25, 0.3) is 0 Å². The van der Waals surface area contributed by atoms with Crippen molar-refractivity contribution in [1.29, 1.82) is 0 Å². The van der Waals surface area contributed by atoms with Crippen LogP contribution in [-0.4, -0.2) is 26.6 Å². The van der Waals surface area contributed by atoms with E-state index in [4.69, 9.17) is 9.47 Å². The molecule has 0 spiro atoms. The lowest BCUT2D eigenvalue weighted by Gasteiger charge is -2.12. The molecule has 0 unspecified atom stereocenters. The summed E-state index contributed by atoms with van der Waals surface area (Å²) in [6.45, 7) is -1.15. The Hall–Kier alpha value is -2.89. The number of rotatable bonds is 7. The Labute approximate surface area is 144 Å². The van der Waals surface area contributed by atoms with E-state index >= 15 is 0 Å². The number of allylic oxidation sites excluding steroid dienone is 1. The summed E-state index contributed by atoms with van der Waals surface area (Å²) in [5, 5.41) is 0. The second kappa shape index (κ2) is 8.28. The van der Waals surface area contributed by atoms with Crippen LogP contribution in [0.1, 0.15) is 21.5 Å². The lowest BCUT2D eigenvalue weighted by molar-refractivity contribution is -0.0513. The van der Waals surface area contributed by atoms with E-state index in [2.05, 4.69) is 4.74 Å². The highest BCUT2D eigenvalue weighted by atomic mass is 19.3. The minimum atomic E-state index is -3.00. The molecule has 2 rings (SSSR count). The van der Waals surface area contributed by atoms with Gasteiger partial charge in [0.2, 0.25) is 0 Å². The lowest BCUT2D eigenvalue weighted by atomic mass is 10.0. The fraction of sp³-hybridized carbons (Fsp3) is 0.211. The molecule has 0 heterocycles. The normalized spacial score (nSPS) is 11.0. The first-order chi connectivity index (χ1) is 12.0. The van der Waals surface area contributed by atoms with E-state index in [9.17, 15) is 13.6 Å². The van der Waals surface area contributed by atoms with Gasteiger partial charge in [-0.15, -0.1) is 0 Å². The number of carbonyl (C=O) groups excluding carboxylic acids is 1. The summed E-state index contributed by atoms with van der Waals surface area (Å²) >= 11 is 0. The molecule has 2 aromatic rings. The summed E-state index contributed by atoms with van der Waals surface area (Å²) in [4.78, 5) is 12.5. The number of benzene rings is 2. The maximum Gasteiger partial charge on any atom is 0.387 e. The van der Waals surface area contributed by atoms with E-state index in [1.807, 2.05) is 13.0 Å². The molecule has 0 aliphatic rings. The van der Waals surface area contributed by atoms with Crippen LogP contribution in [0.25, 0.3) is 6.08 Å². The van der Waals surface area contributed by atoms with Crippen LogP contribution in [0.15, 0.2) is 42.5 Å². The van der Waals surface area contributed by atoms with Crippen LogP contribution in [0, 0.1) is 6.92 Å². The Morgan fingerprint density at radius 1 is 1.08 bits per heavy atom. The number of hydrogen-bond acceptors (Lipinski definition) is 4. The van der Waals surface area contributed by atoms with Crippen molar-refractivity contribution in [1.82, 2.24) is 0 Å². The molecule has 0 N–H and O–H groups in total. The Kier molecular flexibility index (Phi) is 6.11. The molecule has 0 aromatic heterocycles. The summed E-state index contributed by atoms with van der Waals surface area (Å²) in [6, 6.07) is 9.91. The third-order valence-corrected chi connectivity index (χ3v) is 3.47. The van der Waals surface area contributed by atoms with Crippen LogP contribution in [0.3, 0.4) is 0 Å². The second-order valence-corrected chi connectivity index (χ2v) is 5.16. The molecule has 0 atom stereocenters. The van der Waals surface area contributed by atoms with E-state index in [0.29, 0.717) is 16.9 Å². The van der Waals surface area contributed by atoms with Crippen LogP contribution in [0.2, 0.25) is 0 Å². The van der Waals surface area contributed by atoms with Gasteiger partial charge in [0.05, 0.1) is 19.8 Å². The molecular weight excluding hydrogens is 330 g/mol. The van der Waals surface area contributed by atoms with Crippen molar-refractivity contribution in [2.24, 2.45) is 0 Å². The molecule has 2 aromatic carbocycles. The largest absolute Gasteiger partial charge is 0.496 e. The highest BCUT2D eigenvalue weighted by Crippen LogP contribution is 2.33. The molecule has 0 bridgehead atoms. The highest BCUT2D eigenvalue weighted by Gasteiger charge is 2.15. The monoisotopic (exact) mass is 348 g/mol. The van der Waals surface area contributed by atoms with Crippen molar-refractivity contribution < 1.29 is 27.8 Å². The first-order valence-corrected chi connectivity index (χ1v) is 7.45. The van der Waals surface area contributed by atoms with E-state index < -0.39 is 6.61 Å². The minimum Gasteiger partial charge on any atom is -0.496 e. The van der Waals surface area contributed by atoms with Gasteiger partial charge in [0, 0.05) is 5.56 Å². The van der Waals surface area contributed by atoms with Gasteiger partial charge in [-0.2, -0.15) is 8.78 Å². The van der Waals surface area contributed by atoms with Crippen molar-refractivity contribution >= 4 is 11.9 Å². The number of aryl methyl sites for hydroxylation is 1. The van der Waals surface area contributed by atoms with Gasteiger partial charge < -0.3 is 14.2 Å². The first kappa shape index (κ1) is 18.4. The maximum atomic E-state index is 12.6. The number of hydrogen-bond donors (Lipinski definition) is 0. The van der Waals surface area contributed by atoms with E-state index in [1.54, 1.807) is 24.3 Å². The topological polar surface area (TPSA) is 44.8 Å². The molecule has 132 valence electrons. The SMILES string of the molecule is COc1ccc(C)cc1C(=O)/C=C/c1cccc(OC)c1OC(F)F. The van der Waals surface area contributed by atoms with Crippen LogP contribution < -0.4 is 14.2 Å². The van der Waals surface area contributed by atoms with Crippen molar-refractivity contribution in [2.45, 2.75) is 13.5 Å². The number of carbonyl (C=O) groups is 1. The molecule has 0 saturated heterocycles. The van der Waals surface area contributed by atoms with Crippen LogP contribution in [0.4, 0.5) is 8.78 Å². The summed E-state index contributed by atoms with van der Waals surface area (Å²) in [6.07, 6.45) is 2.69. The van der Waals surface area contributed by atoms with Crippen molar-refractivity contribution in [2.75, 3.05) is 14.2 Å². The summed E-state index contributed by atoms with van der Waals surface area (Å²) in [7, 11) is 2.83. The van der Waals surface area contributed by atoms with Crippen LogP contribution in [-0.2, 0) is 0 Å². The van der Waals surface area contributed by atoms with Gasteiger partial charge >= 0.3 is 6.61 Å². The summed E-state index contributed by atoms with van der Waals surface area (Å²) in [5.41, 5.74) is 1.60. The zero-order valence-electron chi connectivity index (χ0n) is 14.1. The third-order valence-electron chi connectivity index (χ3n) is 3.47. The van der Waals surface area contributed by atoms with Gasteiger partial charge in [-0.3, -0.25) is 4.79 Å². The number of para-hydroxylation sites is 1. The Morgan fingerprint density at radius 2 is 1.80 bits per heavy atom. The molecule has 0 aliphatic heterocycles. The first-order valence-electron chi connectivity index (χ1n) is 7.45. The Bertz CT molecular complexity index is 785. The zero-order valence-corrected chi connectivity index (χ0v) is 14.1. The second-order valence-electron chi connectivity index (χ2n) is 5.16. The molecule has 0 aliphatic carbocycles. The lowest BCUT2D eigenvalue weighted by Crippen LogP contribution is -2.05. The number of methoxy groups -OCH3 is 2. The molecule has 0 fully saturated rings. The quantitative estimate of drug-likeness (QED) is 0.545. The predicted octanol–water partition coefficient (Wildman–Crippen LogP) is 4.51. The smallest absolute Gasteiger partial charge is 0.387 e. The fourth-order valence-corrected chi connectivity index (χ4v) is 2.31. The molecule has 25 heavy (non-hydrogen) atoms. The number of ketones is 1. The molecular formula is C19H18F2O4.